The smallest absolute Gasteiger partial charge is 0.238 e. The van der Waals surface area contributed by atoms with E-state index in [4.69, 9.17) is 16.3 Å². The highest BCUT2D eigenvalue weighted by Crippen LogP contribution is 2.18. The van der Waals surface area contributed by atoms with Crippen molar-refractivity contribution < 1.29 is 9.53 Å². The van der Waals surface area contributed by atoms with Gasteiger partial charge in [0.15, 0.2) is 0 Å². The molecule has 0 saturated heterocycles. The highest BCUT2D eigenvalue weighted by Gasteiger charge is 2.05. The normalized spacial score (nSPS) is 10.5. The molecule has 29 heavy (non-hydrogen) atoms. The molecule has 0 unspecified atom stereocenters. The lowest BCUT2D eigenvalue weighted by atomic mass is 10.1. The molecule has 0 aromatic heterocycles. The van der Waals surface area contributed by atoms with Gasteiger partial charge in [-0.1, -0.05) is 66.2 Å². The average molecular weight is 409 g/mol. The van der Waals surface area contributed by atoms with Crippen LogP contribution in [0.4, 0.5) is 5.69 Å². The van der Waals surface area contributed by atoms with Crippen LogP contribution in [0.2, 0.25) is 5.02 Å². The number of anilines is 1. The summed E-state index contributed by atoms with van der Waals surface area (Å²) in [5.41, 5.74) is 2.99. The number of carbonyl (C=O) groups excluding carboxylic acids is 1. The van der Waals surface area contributed by atoms with Gasteiger partial charge in [-0.2, -0.15) is 0 Å². The molecule has 0 bridgehead atoms. The van der Waals surface area contributed by atoms with E-state index in [9.17, 15) is 4.79 Å². The third kappa shape index (κ3) is 7.26. The summed E-state index contributed by atoms with van der Waals surface area (Å²) in [6, 6.07) is 25.4. The maximum Gasteiger partial charge on any atom is 0.238 e. The molecule has 1 amide bonds. The van der Waals surface area contributed by atoms with E-state index < -0.39 is 0 Å². The van der Waals surface area contributed by atoms with Crippen molar-refractivity contribution in [1.82, 2.24) is 5.32 Å². The molecule has 0 saturated carbocycles. The lowest BCUT2D eigenvalue weighted by molar-refractivity contribution is -0.115. The van der Waals surface area contributed by atoms with Crippen LogP contribution in [0, 0.1) is 0 Å². The van der Waals surface area contributed by atoms with E-state index in [2.05, 4.69) is 22.8 Å². The molecule has 3 rings (SSSR count). The first kappa shape index (κ1) is 20.9. The summed E-state index contributed by atoms with van der Waals surface area (Å²) in [5.74, 6) is 0.637. The highest BCUT2D eigenvalue weighted by molar-refractivity contribution is 6.31. The zero-order valence-electron chi connectivity index (χ0n) is 16.2. The third-order valence-corrected chi connectivity index (χ3v) is 4.77. The van der Waals surface area contributed by atoms with Crippen molar-refractivity contribution in [2.45, 2.75) is 19.4 Å². The summed E-state index contributed by atoms with van der Waals surface area (Å²) in [6.45, 7) is 1.37. The average Bonchev–Trinajstić information content (AvgIpc) is 2.74. The molecule has 0 radical (unpaired) electrons. The Balaban J connectivity index is 1.39. The van der Waals surface area contributed by atoms with Crippen LogP contribution in [-0.4, -0.2) is 19.1 Å². The van der Waals surface area contributed by atoms with Crippen molar-refractivity contribution in [1.29, 1.82) is 0 Å². The van der Waals surface area contributed by atoms with Crippen molar-refractivity contribution >= 4 is 23.2 Å². The second kappa shape index (κ2) is 11.2. The molecule has 0 spiro atoms. The van der Waals surface area contributed by atoms with E-state index in [0.717, 1.165) is 29.8 Å². The first-order chi connectivity index (χ1) is 14.2. The maximum atomic E-state index is 12.2. The Morgan fingerprint density at radius 3 is 2.55 bits per heavy atom. The Hall–Kier alpha value is -2.82. The Bertz CT molecular complexity index is 916. The number of rotatable bonds is 10. The SMILES string of the molecule is O=C(CNCc1ccccc1Cl)Nc1cccc(OCCCc2ccccc2)c1. The van der Waals surface area contributed by atoms with E-state index in [-0.39, 0.29) is 12.5 Å². The molecule has 4 nitrogen and oxygen atoms in total. The molecule has 0 aliphatic rings. The number of hydrogen-bond donors (Lipinski definition) is 2. The minimum absolute atomic E-state index is 0.113. The Morgan fingerprint density at radius 1 is 0.931 bits per heavy atom. The Labute approximate surface area is 176 Å². The van der Waals surface area contributed by atoms with Crippen molar-refractivity contribution in [3.63, 3.8) is 0 Å². The summed E-state index contributed by atoms with van der Waals surface area (Å²) in [5, 5.41) is 6.68. The zero-order chi connectivity index (χ0) is 20.3. The van der Waals surface area contributed by atoms with Gasteiger partial charge in [-0.3, -0.25) is 4.79 Å². The first-order valence-corrected chi connectivity index (χ1v) is 10.1. The van der Waals surface area contributed by atoms with Crippen molar-refractivity contribution in [2.24, 2.45) is 0 Å². The molecule has 0 atom stereocenters. The molecular weight excluding hydrogens is 384 g/mol. The summed E-state index contributed by atoms with van der Waals surface area (Å²) >= 11 is 6.12. The van der Waals surface area contributed by atoms with Gasteiger partial charge in [-0.15, -0.1) is 0 Å². The topological polar surface area (TPSA) is 50.4 Å². The van der Waals surface area contributed by atoms with E-state index in [1.807, 2.05) is 66.7 Å². The molecule has 0 aliphatic carbocycles. The second-order valence-corrected chi connectivity index (χ2v) is 7.12. The van der Waals surface area contributed by atoms with Gasteiger partial charge >= 0.3 is 0 Å². The second-order valence-electron chi connectivity index (χ2n) is 6.71. The molecule has 2 N–H and O–H groups in total. The third-order valence-electron chi connectivity index (χ3n) is 4.40. The van der Waals surface area contributed by atoms with Gasteiger partial charge in [0.25, 0.3) is 0 Å². The monoisotopic (exact) mass is 408 g/mol. The minimum Gasteiger partial charge on any atom is -0.494 e. The lowest BCUT2D eigenvalue weighted by Crippen LogP contribution is -2.27. The van der Waals surface area contributed by atoms with Crippen LogP contribution in [0.3, 0.4) is 0 Å². The number of hydrogen-bond acceptors (Lipinski definition) is 3. The van der Waals surface area contributed by atoms with Crippen LogP contribution in [-0.2, 0) is 17.8 Å². The highest BCUT2D eigenvalue weighted by atomic mass is 35.5. The first-order valence-electron chi connectivity index (χ1n) is 9.71. The molecule has 150 valence electrons. The van der Waals surface area contributed by atoms with Crippen molar-refractivity contribution in [2.75, 3.05) is 18.5 Å². The number of amides is 1. The van der Waals surface area contributed by atoms with Gasteiger partial charge in [0.05, 0.1) is 13.2 Å². The number of ether oxygens (including phenoxy) is 1. The molecule has 5 heteroatoms. The summed E-state index contributed by atoms with van der Waals surface area (Å²) in [6.07, 6.45) is 1.92. The predicted molar refractivity (Wildman–Crippen MR) is 118 cm³/mol. The van der Waals surface area contributed by atoms with E-state index in [0.29, 0.717) is 18.2 Å². The van der Waals surface area contributed by atoms with Gasteiger partial charge in [0.2, 0.25) is 5.91 Å². The number of benzene rings is 3. The van der Waals surface area contributed by atoms with Crippen LogP contribution >= 0.6 is 11.6 Å². The zero-order valence-corrected chi connectivity index (χ0v) is 17.0. The van der Waals surface area contributed by atoms with Crippen molar-refractivity contribution in [3.05, 3.63) is 95.0 Å². The van der Waals surface area contributed by atoms with Crippen LogP contribution in [0.25, 0.3) is 0 Å². The number of halogens is 1. The molecule has 0 fully saturated rings. The predicted octanol–water partition coefficient (Wildman–Crippen LogP) is 5.08. The Kier molecular flexibility index (Phi) is 8.11. The van der Waals surface area contributed by atoms with E-state index in [1.165, 1.54) is 5.56 Å². The molecule has 0 heterocycles. The molecule has 3 aromatic carbocycles. The maximum absolute atomic E-state index is 12.2. The summed E-state index contributed by atoms with van der Waals surface area (Å²) in [7, 11) is 0. The van der Waals surface area contributed by atoms with Gasteiger partial charge in [0.1, 0.15) is 5.75 Å². The van der Waals surface area contributed by atoms with Crippen LogP contribution < -0.4 is 15.4 Å². The van der Waals surface area contributed by atoms with Crippen LogP contribution in [0.1, 0.15) is 17.5 Å². The standard InChI is InChI=1S/C24H25ClN2O2/c25-23-14-5-4-11-20(23)17-26-18-24(28)27-21-12-6-13-22(16-21)29-15-7-10-19-8-2-1-3-9-19/h1-6,8-9,11-14,16,26H,7,10,15,17-18H2,(H,27,28). The Morgan fingerprint density at radius 2 is 1.72 bits per heavy atom. The van der Waals surface area contributed by atoms with Gasteiger partial charge < -0.3 is 15.4 Å². The van der Waals surface area contributed by atoms with Gasteiger partial charge in [-0.25, -0.2) is 0 Å². The molecule has 3 aromatic rings. The van der Waals surface area contributed by atoms with Crippen LogP contribution in [0.15, 0.2) is 78.9 Å². The van der Waals surface area contributed by atoms with Crippen molar-refractivity contribution in [3.8, 4) is 5.75 Å². The minimum atomic E-state index is -0.113. The number of aryl methyl sites for hydroxylation is 1. The summed E-state index contributed by atoms with van der Waals surface area (Å²) in [4.78, 5) is 12.2. The molecule has 0 aliphatic heterocycles. The summed E-state index contributed by atoms with van der Waals surface area (Å²) < 4.78 is 5.82. The van der Waals surface area contributed by atoms with E-state index >= 15 is 0 Å². The molecular formula is C24H25ClN2O2. The lowest BCUT2D eigenvalue weighted by Gasteiger charge is -2.10. The number of carbonyl (C=O) groups is 1. The fraction of sp³-hybridized carbons (Fsp3) is 0.208. The van der Waals surface area contributed by atoms with E-state index in [1.54, 1.807) is 0 Å². The fourth-order valence-corrected chi connectivity index (χ4v) is 3.13. The fourth-order valence-electron chi connectivity index (χ4n) is 2.93. The number of nitrogens with one attached hydrogen (secondary N) is 2. The van der Waals surface area contributed by atoms with Gasteiger partial charge in [0, 0.05) is 23.3 Å². The quantitative estimate of drug-likeness (QED) is 0.460. The largest absolute Gasteiger partial charge is 0.494 e. The van der Waals surface area contributed by atoms with Gasteiger partial charge in [-0.05, 0) is 42.2 Å². The van der Waals surface area contributed by atoms with Crippen LogP contribution in [0.5, 0.6) is 5.75 Å².